The monoisotopic (exact) mass is 357 g/mol. The number of hydrogen-bond donors (Lipinski definition) is 1. The van der Waals surface area contributed by atoms with E-state index in [-0.39, 0.29) is 6.04 Å². The van der Waals surface area contributed by atoms with Crippen LogP contribution in [0.3, 0.4) is 0 Å². The zero-order chi connectivity index (χ0) is 18.0. The van der Waals surface area contributed by atoms with Gasteiger partial charge in [0.1, 0.15) is 0 Å². The predicted octanol–water partition coefficient (Wildman–Crippen LogP) is 3.72. The first kappa shape index (κ1) is 17.9. The van der Waals surface area contributed by atoms with Crippen molar-refractivity contribution < 1.29 is 0 Å². The second-order valence-corrected chi connectivity index (χ2v) is 7.04. The van der Waals surface area contributed by atoms with Crippen LogP contribution < -0.4 is 5.73 Å². The van der Waals surface area contributed by atoms with Crippen LogP contribution >= 0.6 is 11.6 Å². The minimum atomic E-state index is 0.229. The smallest absolute Gasteiger partial charge is 0.160 e. The molecule has 0 unspecified atom stereocenters. The van der Waals surface area contributed by atoms with Crippen LogP contribution in [0, 0.1) is 0 Å². The van der Waals surface area contributed by atoms with Crippen LogP contribution in [0.15, 0.2) is 36.5 Å². The normalized spacial score (nSPS) is 11.8. The molecule has 0 saturated heterocycles. The molecule has 6 heteroatoms. The summed E-state index contributed by atoms with van der Waals surface area (Å²) >= 11 is 6.48. The van der Waals surface area contributed by atoms with Crippen molar-refractivity contribution >= 4 is 22.6 Å². The lowest BCUT2D eigenvalue weighted by Gasteiger charge is -2.16. The van der Waals surface area contributed by atoms with Gasteiger partial charge in [0.25, 0.3) is 0 Å². The summed E-state index contributed by atoms with van der Waals surface area (Å²) in [5.74, 6) is 0. The van der Waals surface area contributed by atoms with Crippen molar-refractivity contribution in [2.75, 3.05) is 20.1 Å². The maximum absolute atomic E-state index is 6.48. The lowest BCUT2D eigenvalue weighted by atomic mass is 10.1. The number of rotatable bonds is 6. The number of benzene rings is 1. The second kappa shape index (κ2) is 7.52. The Labute approximate surface area is 153 Å². The van der Waals surface area contributed by atoms with Crippen molar-refractivity contribution in [3.05, 3.63) is 47.1 Å². The van der Waals surface area contributed by atoms with Gasteiger partial charge in [-0.15, -0.1) is 0 Å². The zero-order valence-electron chi connectivity index (χ0n) is 14.9. The van der Waals surface area contributed by atoms with Crippen molar-refractivity contribution in [1.29, 1.82) is 0 Å². The molecule has 0 bridgehead atoms. The highest BCUT2D eigenvalue weighted by molar-refractivity contribution is 6.35. The maximum Gasteiger partial charge on any atom is 0.160 e. The molecule has 0 fully saturated rings. The Morgan fingerprint density at radius 3 is 2.80 bits per heavy atom. The zero-order valence-corrected chi connectivity index (χ0v) is 15.7. The van der Waals surface area contributed by atoms with Gasteiger partial charge in [0.2, 0.25) is 0 Å². The van der Waals surface area contributed by atoms with Gasteiger partial charge in [-0.05, 0) is 38.6 Å². The van der Waals surface area contributed by atoms with Crippen LogP contribution in [0.4, 0.5) is 0 Å². The van der Waals surface area contributed by atoms with Gasteiger partial charge < -0.3 is 10.6 Å². The topological polar surface area (TPSA) is 60.0 Å². The van der Waals surface area contributed by atoms with E-state index in [9.17, 15) is 0 Å². The summed E-state index contributed by atoms with van der Waals surface area (Å²) < 4.78 is 1.91. The van der Waals surface area contributed by atoms with Gasteiger partial charge in [-0.2, -0.15) is 5.10 Å². The Balaban J connectivity index is 2.00. The quantitative estimate of drug-likeness (QED) is 0.730. The molecule has 3 aromatic rings. The van der Waals surface area contributed by atoms with Crippen LogP contribution in [0.25, 0.3) is 22.3 Å². The van der Waals surface area contributed by atoms with Crippen LogP contribution in [-0.2, 0) is 6.54 Å². The fourth-order valence-corrected chi connectivity index (χ4v) is 3.18. The molecule has 0 atom stereocenters. The van der Waals surface area contributed by atoms with E-state index in [0.29, 0.717) is 11.6 Å². The minimum Gasteiger partial charge on any atom is -0.329 e. The van der Waals surface area contributed by atoms with Crippen molar-refractivity contribution in [2.45, 2.75) is 26.4 Å². The van der Waals surface area contributed by atoms with Gasteiger partial charge in [-0.1, -0.05) is 29.8 Å². The minimum absolute atomic E-state index is 0.229. The predicted molar refractivity (Wildman–Crippen MR) is 104 cm³/mol. The molecule has 0 spiro atoms. The molecule has 1 aromatic carbocycles. The highest BCUT2D eigenvalue weighted by Crippen LogP contribution is 2.29. The number of likely N-dealkylation sites (N-methyl/N-ethyl adjacent to an activating group) is 1. The van der Waals surface area contributed by atoms with Crippen molar-refractivity contribution in [3.63, 3.8) is 0 Å². The van der Waals surface area contributed by atoms with Gasteiger partial charge in [0.15, 0.2) is 5.65 Å². The molecule has 0 radical (unpaired) electrons. The summed E-state index contributed by atoms with van der Waals surface area (Å²) in [6.07, 6.45) is 1.78. The van der Waals surface area contributed by atoms with Gasteiger partial charge in [0.05, 0.1) is 22.3 Å². The molecule has 25 heavy (non-hydrogen) atoms. The number of nitrogens with zero attached hydrogens (tertiary/aromatic N) is 4. The van der Waals surface area contributed by atoms with Crippen molar-refractivity contribution in [3.8, 4) is 11.3 Å². The van der Waals surface area contributed by atoms with E-state index in [0.717, 1.165) is 35.4 Å². The highest BCUT2D eigenvalue weighted by atomic mass is 35.5. The fraction of sp³-hybridized carbons (Fsp3) is 0.368. The number of nitrogens with two attached hydrogens (primary N) is 1. The first-order valence-electron chi connectivity index (χ1n) is 8.51. The molecule has 2 heterocycles. The Bertz CT molecular complexity index is 871. The number of fused-ring (bicyclic) bond motifs is 1. The molecule has 5 nitrogen and oxygen atoms in total. The van der Waals surface area contributed by atoms with E-state index in [2.05, 4.69) is 55.2 Å². The highest BCUT2D eigenvalue weighted by Gasteiger charge is 2.13. The summed E-state index contributed by atoms with van der Waals surface area (Å²) in [6, 6.07) is 10.5. The number of pyridine rings is 1. The summed E-state index contributed by atoms with van der Waals surface area (Å²) in [5.41, 5.74) is 9.59. The van der Waals surface area contributed by atoms with Crippen LogP contribution in [-0.4, -0.2) is 39.8 Å². The van der Waals surface area contributed by atoms with Crippen LogP contribution in [0.2, 0.25) is 5.02 Å². The first-order valence-corrected chi connectivity index (χ1v) is 8.89. The van der Waals surface area contributed by atoms with E-state index < -0.39 is 0 Å². The average Bonchev–Trinajstić information content (AvgIpc) is 3.00. The van der Waals surface area contributed by atoms with E-state index >= 15 is 0 Å². The second-order valence-electron chi connectivity index (χ2n) is 6.64. The third kappa shape index (κ3) is 3.84. The number of aromatic nitrogens is 3. The lowest BCUT2D eigenvalue weighted by Crippen LogP contribution is -2.24. The molecule has 2 N–H and O–H groups in total. The van der Waals surface area contributed by atoms with Crippen LogP contribution in [0.5, 0.6) is 0 Å². The van der Waals surface area contributed by atoms with Gasteiger partial charge in [-0.25, -0.2) is 9.67 Å². The Hall–Kier alpha value is -1.95. The van der Waals surface area contributed by atoms with Crippen molar-refractivity contribution in [1.82, 2.24) is 19.7 Å². The lowest BCUT2D eigenvalue weighted by molar-refractivity contribution is 0.336. The number of halogens is 1. The molecular formula is C19H24ClN5. The van der Waals surface area contributed by atoms with E-state index in [4.69, 9.17) is 22.3 Å². The third-order valence-electron chi connectivity index (χ3n) is 4.19. The standard InChI is InChI=1S/C19H24ClN5/c1-13(2)25-19-16(11-22-25)17(20)10-18(23-19)15-6-4-5-14(9-15)12-24(3)8-7-21/h4-6,9-11,13H,7-8,12,21H2,1-3H3. The average molecular weight is 358 g/mol. The summed E-state index contributed by atoms with van der Waals surface area (Å²) in [4.78, 5) is 7.03. The van der Waals surface area contributed by atoms with Gasteiger partial charge in [0, 0.05) is 31.2 Å². The fourth-order valence-electron chi connectivity index (χ4n) is 2.95. The molecule has 0 amide bonds. The molecule has 0 aliphatic carbocycles. The summed E-state index contributed by atoms with van der Waals surface area (Å²) in [6.45, 7) is 6.55. The molecule has 0 saturated carbocycles. The van der Waals surface area contributed by atoms with Gasteiger partial charge >= 0.3 is 0 Å². The molecule has 3 rings (SSSR count). The first-order chi connectivity index (χ1) is 12.0. The van der Waals surface area contributed by atoms with E-state index in [1.165, 1.54) is 5.56 Å². The molecular weight excluding hydrogens is 334 g/mol. The molecule has 0 aliphatic heterocycles. The summed E-state index contributed by atoms with van der Waals surface area (Å²) in [5, 5.41) is 5.98. The van der Waals surface area contributed by atoms with E-state index in [1.54, 1.807) is 6.20 Å². The molecule has 132 valence electrons. The van der Waals surface area contributed by atoms with E-state index in [1.807, 2.05) is 10.7 Å². The SMILES string of the molecule is CC(C)n1ncc2c(Cl)cc(-c3cccc(CN(C)CCN)c3)nc21. The summed E-state index contributed by atoms with van der Waals surface area (Å²) in [7, 11) is 2.07. The van der Waals surface area contributed by atoms with Crippen molar-refractivity contribution in [2.24, 2.45) is 5.73 Å². The van der Waals surface area contributed by atoms with Gasteiger partial charge in [-0.3, -0.25) is 0 Å². The Kier molecular flexibility index (Phi) is 5.37. The van der Waals surface area contributed by atoms with Crippen LogP contribution in [0.1, 0.15) is 25.5 Å². The molecule has 2 aromatic heterocycles. The Morgan fingerprint density at radius 2 is 2.08 bits per heavy atom. The number of hydrogen-bond acceptors (Lipinski definition) is 4. The maximum atomic E-state index is 6.48. The third-order valence-corrected chi connectivity index (χ3v) is 4.50. The Morgan fingerprint density at radius 1 is 1.28 bits per heavy atom. The molecule has 0 aliphatic rings. The largest absolute Gasteiger partial charge is 0.329 e.